The third-order valence-electron chi connectivity index (χ3n) is 3.62. The Morgan fingerprint density at radius 1 is 1.25 bits per heavy atom. The molecule has 0 saturated carbocycles. The van der Waals surface area contributed by atoms with Gasteiger partial charge in [-0.25, -0.2) is 5.10 Å². The van der Waals surface area contributed by atoms with Crippen molar-refractivity contribution in [1.29, 1.82) is 0 Å². The molecule has 0 bridgehead atoms. The molecule has 7 heteroatoms. The smallest absolute Gasteiger partial charge is 0.271 e. The Kier molecular flexibility index (Phi) is 5.83. The summed E-state index contributed by atoms with van der Waals surface area (Å²) >= 11 is 0. The highest BCUT2D eigenvalue weighted by molar-refractivity contribution is 5.93. The molecular formula is C17H20N4O3. The van der Waals surface area contributed by atoms with Crippen LogP contribution in [0.5, 0.6) is 0 Å². The minimum Gasteiger partial charge on any atom is -0.347 e. The van der Waals surface area contributed by atoms with Crippen molar-refractivity contribution in [3.05, 3.63) is 58.0 Å². The number of benzene rings is 1. The number of aromatic nitrogens is 2. The lowest BCUT2D eigenvalue weighted by Crippen LogP contribution is -2.25. The lowest BCUT2D eigenvalue weighted by atomic mass is 10.1. The molecule has 0 aliphatic carbocycles. The number of anilines is 1. The fourth-order valence-corrected chi connectivity index (χ4v) is 1.95. The maximum Gasteiger partial charge on any atom is 0.271 e. The highest BCUT2D eigenvalue weighted by Crippen LogP contribution is 2.13. The molecule has 24 heavy (non-hydrogen) atoms. The fourth-order valence-electron chi connectivity index (χ4n) is 1.95. The Morgan fingerprint density at radius 2 is 2.04 bits per heavy atom. The molecule has 126 valence electrons. The zero-order chi connectivity index (χ0) is 17.5. The summed E-state index contributed by atoms with van der Waals surface area (Å²) in [7, 11) is 0. The normalized spacial score (nSPS) is 11.6. The first kappa shape index (κ1) is 17.4. The summed E-state index contributed by atoms with van der Waals surface area (Å²) in [5.41, 5.74) is 1.30. The standard InChI is InChI=1S/C17H20N4O3/c1-3-11(2)16(23)19-13-6-4-5-12(9-13)10-18-17(24)14-7-8-15(22)21-20-14/h4-9,11H,3,10H2,1-2H3,(H,18,24)(H,19,23)(H,21,22). The van der Waals surface area contributed by atoms with Crippen LogP contribution in [0.4, 0.5) is 5.69 Å². The number of H-pyrrole nitrogens is 1. The van der Waals surface area contributed by atoms with Gasteiger partial charge in [0.2, 0.25) is 5.91 Å². The van der Waals surface area contributed by atoms with Crippen molar-refractivity contribution in [3.8, 4) is 0 Å². The van der Waals surface area contributed by atoms with Crippen LogP contribution in [-0.2, 0) is 11.3 Å². The Labute approximate surface area is 139 Å². The second kappa shape index (κ2) is 8.05. The van der Waals surface area contributed by atoms with E-state index in [9.17, 15) is 14.4 Å². The zero-order valence-electron chi connectivity index (χ0n) is 13.6. The van der Waals surface area contributed by atoms with Crippen molar-refractivity contribution >= 4 is 17.5 Å². The van der Waals surface area contributed by atoms with Crippen LogP contribution >= 0.6 is 0 Å². The first-order valence-corrected chi connectivity index (χ1v) is 7.73. The topological polar surface area (TPSA) is 104 Å². The predicted octanol–water partition coefficient (Wildman–Crippen LogP) is 1.68. The van der Waals surface area contributed by atoms with E-state index in [4.69, 9.17) is 0 Å². The molecule has 2 aromatic rings. The molecule has 1 aromatic carbocycles. The van der Waals surface area contributed by atoms with Crippen molar-refractivity contribution in [2.75, 3.05) is 5.32 Å². The molecule has 2 amide bonds. The van der Waals surface area contributed by atoms with Gasteiger partial charge in [-0.15, -0.1) is 0 Å². The van der Waals surface area contributed by atoms with Crippen molar-refractivity contribution in [3.63, 3.8) is 0 Å². The maximum atomic E-state index is 12.0. The third-order valence-corrected chi connectivity index (χ3v) is 3.62. The summed E-state index contributed by atoms with van der Waals surface area (Å²) in [6.07, 6.45) is 0.772. The number of amides is 2. The van der Waals surface area contributed by atoms with Gasteiger partial charge in [0.1, 0.15) is 5.69 Å². The lowest BCUT2D eigenvalue weighted by Gasteiger charge is -2.11. The number of carbonyl (C=O) groups is 2. The SMILES string of the molecule is CCC(C)C(=O)Nc1cccc(CNC(=O)c2ccc(=O)[nH]n2)c1. The second-order valence-electron chi connectivity index (χ2n) is 5.49. The Balaban J connectivity index is 1.96. The molecule has 1 atom stereocenters. The average molecular weight is 328 g/mol. The molecule has 2 rings (SSSR count). The first-order chi connectivity index (χ1) is 11.5. The van der Waals surface area contributed by atoms with Gasteiger partial charge in [-0.05, 0) is 30.2 Å². The van der Waals surface area contributed by atoms with Crippen LogP contribution in [0, 0.1) is 5.92 Å². The third kappa shape index (κ3) is 4.77. The molecule has 1 aromatic heterocycles. The van der Waals surface area contributed by atoms with Crippen LogP contribution in [0.2, 0.25) is 0 Å². The molecule has 1 unspecified atom stereocenters. The molecule has 0 aliphatic heterocycles. The average Bonchev–Trinajstić information content (AvgIpc) is 2.59. The minimum atomic E-state index is -0.389. The Morgan fingerprint density at radius 3 is 2.71 bits per heavy atom. The van der Waals surface area contributed by atoms with Crippen molar-refractivity contribution in [2.24, 2.45) is 5.92 Å². The summed E-state index contributed by atoms with van der Waals surface area (Å²) in [5, 5.41) is 11.4. The Bertz CT molecular complexity index is 765. The largest absolute Gasteiger partial charge is 0.347 e. The van der Waals surface area contributed by atoms with Gasteiger partial charge >= 0.3 is 0 Å². The van der Waals surface area contributed by atoms with Gasteiger partial charge in [0.15, 0.2) is 0 Å². The molecule has 0 radical (unpaired) electrons. The summed E-state index contributed by atoms with van der Waals surface area (Å²) < 4.78 is 0. The van der Waals surface area contributed by atoms with E-state index < -0.39 is 0 Å². The molecule has 7 nitrogen and oxygen atoms in total. The van der Waals surface area contributed by atoms with E-state index in [0.29, 0.717) is 5.69 Å². The zero-order valence-corrected chi connectivity index (χ0v) is 13.6. The van der Waals surface area contributed by atoms with E-state index in [-0.39, 0.29) is 35.5 Å². The van der Waals surface area contributed by atoms with Gasteiger partial charge in [-0.1, -0.05) is 26.0 Å². The molecule has 0 aliphatic rings. The summed E-state index contributed by atoms with van der Waals surface area (Å²) in [6, 6.07) is 9.87. The number of nitrogens with one attached hydrogen (secondary N) is 3. The van der Waals surface area contributed by atoms with E-state index >= 15 is 0 Å². The number of aromatic amines is 1. The second-order valence-corrected chi connectivity index (χ2v) is 5.49. The van der Waals surface area contributed by atoms with Crippen molar-refractivity contribution in [2.45, 2.75) is 26.8 Å². The number of hydrogen-bond acceptors (Lipinski definition) is 4. The van der Waals surface area contributed by atoms with Gasteiger partial charge in [-0.2, -0.15) is 5.10 Å². The van der Waals surface area contributed by atoms with E-state index in [2.05, 4.69) is 20.8 Å². The van der Waals surface area contributed by atoms with E-state index in [1.807, 2.05) is 26.0 Å². The number of carbonyl (C=O) groups excluding carboxylic acids is 2. The molecule has 0 spiro atoms. The first-order valence-electron chi connectivity index (χ1n) is 7.73. The highest BCUT2D eigenvalue weighted by atomic mass is 16.2. The molecule has 0 saturated heterocycles. The molecular weight excluding hydrogens is 308 g/mol. The van der Waals surface area contributed by atoms with E-state index in [0.717, 1.165) is 12.0 Å². The van der Waals surface area contributed by atoms with Gasteiger partial charge < -0.3 is 10.6 Å². The van der Waals surface area contributed by atoms with Gasteiger partial charge in [-0.3, -0.25) is 14.4 Å². The van der Waals surface area contributed by atoms with Crippen LogP contribution in [0.1, 0.15) is 36.3 Å². The minimum absolute atomic E-state index is 0.0314. The lowest BCUT2D eigenvalue weighted by molar-refractivity contribution is -0.119. The van der Waals surface area contributed by atoms with Crippen LogP contribution in [-0.4, -0.2) is 22.0 Å². The van der Waals surface area contributed by atoms with E-state index in [1.165, 1.54) is 12.1 Å². The molecule has 1 heterocycles. The quantitative estimate of drug-likeness (QED) is 0.750. The van der Waals surface area contributed by atoms with E-state index in [1.54, 1.807) is 12.1 Å². The van der Waals surface area contributed by atoms with Crippen LogP contribution in [0.15, 0.2) is 41.2 Å². The van der Waals surface area contributed by atoms with Gasteiger partial charge in [0.05, 0.1) is 0 Å². The van der Waals surface area contributed by atoms with Crippen LogP contribution in [0.3, 0.4) is 0 Å². The fraction of sp³-hybridized carbons (Fsp3) is 0.294. The van der Waals surface area contributed by atoms with Gasteiger partial charge in [0.25, 0.3) is 11.5 Å². The predicted molar refractivity (Wildman–Crippen MR) is 90.6 cm³/mol. The highest BCUT2D eigenvalue weighted by Gasteiger charge is 2.11. The summed E-state index contributed by atoms with van der Waals surface area (Å²) in [6.45, 7) is 4.12. The number of hydrogen-bond donors (Lipinski definition) is 3. The Hall–Kier alpha value is -2.96. The maximum absolute atomic E-state index is 12.0. The molecule has 3 N–H and O–H groups in total. The van der Waals surface area contributed by atoms with Crippen molar-refractivity contribution < 1.29 is 9.59 Å². The number of rotatable bonds is 6. The summed E-state index contributed by atoms with van der Waals surface area (Å²) in [5.74, 6) is -0.476. The monoisotopic (exact) mass is 328 g/mol. The van der Waals surface area contributed by atoms with Crippen molar-refractivity contribution in [1.82, 2.24) is 15.5 Å². The number of nitrogens with zero attached hydrogens (tertiary/aromatic N) is 1. The van der Waals surface area contributed by atoms with Gasteiger partial charge in [0, 0.05) is 24.2 Å². The molecule has 0 fully saturated rings. The van der Waals surface area contributed by atoms with Crippen LogP contribution in [0.25, 0.3) is 0 Å². The summed E-state index contributed by atoms with van der Waals surface area (Å²) in [4.78, 5) is 34.8. The van der Waals surface area contributed by atoms with Crippen LogP contribution < -0.4 is 16.2 Å².